The predicted octanol–water partition coefficient (Wildman–Crippen LogP) is 2.06. The quantitative estimate of drug-likeness (QED) is 0.811. The van der Waals surface area contributed by atoms with Gasteiger partial charge in [0, 0.05) is 7.05 Å². The van der Waals surface area contributed by atoms with Gasteiger partial charge in [0.25, 0.3) is 0 Å². The fourth-order valence-corrected chi connectivity index (χ4v) is 2.50. The molecule has 0 N–H and O–H groups in total. The SMILES string of the molecule is Cn1ncnc1CC(=O)c1ccc(Br)s1. The van der Waals surface area contributed by atoms with Crippen LogP contribution < -0.4 is 0 Å². The molecule has 2 heterocycles. The Hall–Kier alpha value is -1.01. The molecule has 0 atom stereocenters. The van der Waals surface area contributed by atoms with E-state index in [2.05, 4.69) is 26.0 Å². The van der Waals surface area contributed by atoms with Gasteiger partial charge >= 0.3 is 0 Å². The van der Waals surface area contributed by atoms with Crippen molar-refractivity contribution in [2.75, 3.05) is 0 Å². The molecule has 0 unspecified atom stereocenters. The second-order valence-electron chi connectivity index (χ2n) is 3.00. The standard InChI is InChI=1S/C9H8BrN3OS/c1-13-9(11-5-12-13)4-6(14)7-2-3-8(10)15-7/h2-3,5H,4H2,1H3. The minimum Gasteiger partial charge on any atom is -0.293 e. The maximum absolute atomic E-state index is 11.8. The highest BCUT2D eigenvalue weighted by atomic mass is 79.9. The van der Waals surface area contributed by atoms with Crippen LogP contribution >= 0.6 is 27.3 Å². The van der Waals surface area contributed by atoms with E-state index >= 15 is 0 Å². The highest BCUT2D eigenvalue weighted by Crippen LogP contribution is 2.23. The molecule has 78 valence electrons. The molecule has 0 saturated heterocycles. The molecule has 0 aliphatic carbocycles. The Kier molecular flexibility index (Phi) is 2.97. The molecule has 6 heteroatoms. The lowest BCUT2D eigenvalue weighted by atomic mass is 10.2. The number of aryl methyl sites for hydroxylation is 1. The van der Waals surface area contributed by atoms with Gasteiger partial charge in [0.2, 0.25) is 0 Å². The smallest absolute Gasteiger partial charge is 0.180 e. The molecular formula is C9H8BrN3OS. The van der Waals surface area contributed by atoms with Crippen molar-refractivity contribution in [3.05, 3.63) is 32.9 Å². The first-order valence-electron chi connectivity index (χ1n) is 4.28. The summed E-state index contributed by atoms with van der Waals surface area (Å²) in [6.45, 7) is 0. The minimum absolute atomic E-state index is 0.0711. The summed E-state index contributed by atoms with van der Waals surface area (Å²) >= 11 is 4.76. The Labute approximate surface area is 99.1 Å². The van der Waals surface area contributed by atoms with Gasteiger partial charge < -0.3 is 0 Å². The molecular weight excluding hydrogens is 278 g/mol. The predicted molar refractivity (Wildman–Crippen MR) is 61.1 cm³/mol. The Morgan fingerprint density at radius 1 is 1.60 bits per heavy atom. The molecule has 0 aliphatic rings. The van der Waals surface area contributed by atoms with E-state index < -0.39 is 0 Å². The van der Waals surface area contributed by atoms with Crippen LogP contribution in [0.1, 0.15) is 15.5 Å². The van der Waals surface area contributed by atoms with Gasteiger partial charge in [-0.1, -0.05) is 0 Å². The molecule has 0 radical (unpaired) electrons. The average Bonchev–Trinajstić information content (AvgIpc) is 2.77. The molecule has 4 nitrogen and oxygen atoms in total. The topological polar surface area (TPSA) is 47.8 Å². The van der Waals surface area contributed by atoms with Crippen molar-refractivity contribution < 1.29 is 4.79 Å². The first-order chi connectivity index (χ1) is 7.16. The molecule has 2 aromatic rings. The summed E-state index contributed by atoms with van der Waals surface area (Å²) in [6, 6.07) is 3.68. The summed E-state index contributed by atoms with van der Waals surface area (Å²) in [7, 11) is 1.78. The zero-order chi connectivity index (χ0) is 10.8. The highest BCUT2D eigenvalue weighted by molar-refractivity contribution is 9.11. The van der Waals surface area contributed by atoms with Gasteiger partial charge in [-0.25, -0.2) is 4.98 Å². The summed E-state index contributed by atoms with van der Waals surface area (Å²) in [5.74, 6) is 0.756. The third-order valence-electron chi connectivity index (χ3n) is 1.97. The van der Waals surface area contributed by atoms with E-state index in [0.717, 1.165) is 8.66 Å². The number of hydrogen-bond acceptors (Lipinski definition) is 4. The van der Waals surface area contributed by atoms with Crippen LogP contribution in [-0.2, 0) is 13.5 Å². The number of aromatic nitrogens is 3. The number of thiophene rings is 1. The van der Waals surface area contributed by atoms with Gasteiger partial charge in [0.1, 0.15) is 12.2 Å². The summed E-state index contributed by atoms with van der Waals surface area (Å²) in [5, 5.41) is 3.92. The third-order valence-corrected chi connectivity index (χ3v) is 3.64. The number of ketones is 1. The van der Waals surface area contributed by atoms with E-state index in [4.69, 9.17) is 0 Å². The molecule has 0 saturated carbocycles. The van der Waals surface area contributed by atoms with Crippen LogP contribution in [0.2, 0.25) is 0 Å². The third kappa shape index (κ3) is 2.32. The van der Waals surface area contributed by atoms with Crippen molar-refractivity contribution in [2.24, 2.45) is 7.05 Å². The van der Waals surface area contributed by atoms with Crippen LogP contribution in [0.4, 0.5) is 0 Å². The van der Waals surface area contributed by atoms with Crippen molar-refractivity contribution in [1.82, 2.24) is 14.8 Å². The fourth-order valence-electron chi connectivity index (χ4n) is 1.18. The zero-order valence-electron chi connectivity index (χ0n) is 7.98. The van der Waals surface area contributed by atoms with Crippen LogP contribution in [0, 0.1) is 0 Å². The number of carbonyl (C=O) groups excluding carboxylic acids is 1. The normalized spacial score (nSPS) is 10.5. The van der Waals surface area contributed by atoms with Crippen molar-refractivity contribution in [3.8, 4) is 0 Å². The first-order valence-corrected chi connectivity index (χ1v) is 5.89. The number of nitrogens with zero attached hydrogens (tertiary/aromatic N) is 3. The molecule has 2 aromatic heterocycles. The maximum atomic E-state index is 11.8. The molecule has 0 aliphatic heterocycles. The summed E-state index contributed by atoms with van der Waals surface area (Å²) in [6.07, 6.45) is 1.75. The van der Waals surface area contributed by atoms with Crippen molar-refractivity contribution in [2.45, 2.75) is 6.42 Å². The molecule has 2 rings (SSSR count). The van der Waals surface area contributed by atoms with Crippen LogP contribution in [0.15, 0.2) is 22.2 Å². The van der Waals surface area contributed by atoms with Crippen LogP contribution in [0.3, 0.4) is 0 Å². The van der Waals surface area contributed by atoms with E-state index in [1.807, 2.05) is 12.1 Å². The summed E-state index contributed by atoms with van der Waals surface area (Å²) in [5.41, 5.74) is 0. The van der Waals surface area contributed by atoms with Gasteiger partial charge in [-0.15, -0.1) is 11.3 Å². The van der Waals surface area contributed by atoms with Gasteiger partial charge in [0.15, 0.2) is 5.78 Å². The molecule has 0 spiro atoms. The second-order valence-corrected chi connectivity index (χ2v) is 5.47. The number of carbonyl (C=O) groups is 1. The molecule has 0 fully saturated rings. The highest BCUT2D eigenvalue weighted by Gasteiger charge is 2.12. The van der Waals surface area contributed by atoms with Crippen molar-refractivity contribution >= 4 is 33.0 Å². The van der Waals surface area contributed by atoms with Gasteiger partial charge in [0.05, 0.1) is 15.1 Å². The number of rotatable bonds is 3. The van der Waals surface area contributed by atoms with Crippen LogP contribution in [-0.4, -0.2) is 20.5 Å². The Morgan fingerprint density at radius 2 is 2.40 bits per heavy atom. The van der Waals surface area contributed by atoms with Crippen molar-refractivity contribution in [1.29, 1.82) is 0 Å². The van der Waals surface area contributed by atoms with Crippen LogP contribution in [0.25, 0.3) is 0 Å². The molecule has 0 aromatic carbocycles. The van der Waals surface area contributed by atoms with Gasteiger partial charge in [-0.05, 0) is 28.1 Å². The van der Waals surface area contributed by atoms with Crippen molar-refractivity contribution in [3.63, 3.8) is 0 Å². The molecule has 0 amide bonds. The zero-order valence-corrected chi connectivity index (χ0v) is 10.4. The Balaban J connectivity index is 2.14. The minimum atomic E-state index is 0.0711. The second kappa shape index (κ2) is 4.24. The van der Waals surface area contributed by atoms with Crippen LogP contribution in [0.5, 0.6) is 0 Å². The summed E-state index contributed by atoms with van der Waals surface area (Å²) in [4.78, 5) is 16.5. The van der Waals surface area contributed by atoms with E-state index in [9.17, 15) is 4.79 Å². The lowest BCUT2D eigenvalue weighted by Gasteiger charge is -1.97. The number of hydrogen-bond donors (Lipinski definition) is 0. The van der Waals surface area contributed by atoms with E-state index in [0.29, 0.717) is 12.2 Å². The lowest BCUT2D eigenvalue weighted by molar-refractivity contribution is 0.0993. The van der Waals surface area contributed by atoms with E-state index in [-0.39, 0.29) is 5.78 Å². The van der Waals surface area contributed by atoms with E-state index in [1.54, 1.807) is 11.7 Å². The van der Waals surface area contributed by atoms with Gasteiger partial charge in [-0.2, -0.15) is 5.10 Å². The molecule has 0 bridgehead atoms. The fraction of sp³-hybridized carbons (Fsp3) is 0.222. The number of Topliss-reactive ketones (excluding diaryl/α,β-unsaturated/α-hetero) is 1. The maximum Gasteiger partial charge on any atom is 0.180 e. The lowest BCUT2D eigenvalue weighted by Crippen LogP contribution is -2.07. The Morgan fingerprint density at radius 3 is 2.93 bits per heavy atom. The summed E-state index contributed by atoms with van der Waals surface area (Å²) < 4.78 is 2.57. The van der Waals surface area contributed by atoms with Gasteiger partial charge in [-0.3, -0.25) is 9.48 Å². The Bertz CT molecular complexity index is 491. The monoisotopic (exact) mass is 285 g/mol. The average molecular weight is 286 g/mol. The van der Waals surface area contributed by atoms with E-state index in [1.165, 1.54) is 17.7 Å². The largest absolute Gasteiger partial charge is 0.293 e. The number of halogens is 1. The molecule has 15 heavy (non-hydrogen) atoms. The first kappa shape index (κ1) is 10.5.